The molecule has 1 atom stereocenters. The zero-order chi connectivity index (χ0) is 24.2. The van der Waals surface area contributed by atoms with Crippen molar-refractivity contribution in [1.29, 1.82) is 0 Å². The Morgan fingerprint density at radius 3 is 2.42 bits per heavy atom. The van der Waals surface area contributed by atoms with E-state index in [1.54, 1.807) is 24.3 Å². The van der Waals surface area contributed by atoms with Crippen LogP contribution < -0.4 is 21.9 Å². The number of ketones is 1. The monoisotopic (exact) mass is 455 g/mol. The predicted octanol–water partition coefficient (Wildman–Crippen LogP) is -0.999. The maximum Gasteiger partial charge on any atom is 0.354 e. The molecule has 2 aromatic rings. The Kier molecular flexibility index (Phi) is 4.95. The van der Waals surface area contributed by atoms with Gasteiger partial charge in [-0.2, -0.15) is 0 Å². The molecule has 2 amide bonds. The molecule has 2 N–H and O–H groups in total. The summed E-state index contributed by atoms with van der Waals surface area (Å²) in [4.78, 5) is 78.4. The molecule has 33 heavy (non-hydrogen) atoms. The van der Waals surface area contributed by atoms with Crippen LogP contribution in [0.3, 0.4) is 0 Å². The highest BCUT2D eigenvalue weighted by Gasteiger charge is 2.60. The second-order valence-electron chi connectivity index (χ2n) is 7.89. The van der Waals surface area contributed by atoms with Crippen LogP contribution in [0.5, 0.6) is 0 Å². The third-order valence-electron chi connectivity index (χ3n) is 6.19. The topological polar surface area (TPSA) is 154 Å². The summed E-state index contributed by atoms with van der Waals surface area (Å²) >= 11 is 0. The van der Waals surface area contributed by atoms with Crippen molar-refractivity contribution < 1.29 is 23.9 Å². The van der Waals surface area contributed by atoms with Gasteiger partial charge >= 0.3 is 11.7 Å². The number of amides is 2. The van der Waals surface area contributed by atoms with Crippen molar-refractivity contribution >= 4 is 35.1 Å². The minimum Gasteiger partial charge on any atom is -0.454 e. The first-order valence-electron chi connectivity index (χ1n) is 10.00. The highest BCUT2D eigenvalue weighted by molar-refractivity contribution is 6.15. The Labute approximate surface area is 186 Å². The highest BCUT2D eigenvalue weighted by Crippen LogP contribution is 2.44. The zero-order valence-electron chi connectivity index (χ0n) is 18.2. The number of nitrogens with two attached hydrogens (primary N) is 1. The molecule has 2 aliphatic rings. The second-order valence-corrected chi connectivity index (χ2v) is 7.89. The summed E-state index contributed by atoms with van der Waals surface area (Å²) < 4.78 is 6.88. The largest absolute Gasteiger partial charge is 0.454 e. The second kappa shape index (κ2) is 7.43. The minimum atomic E-state index is -1.76. The molecule has 0 saturated carbocycles. The Morgan fingerprint density at radius 2 is 1.73 bits per heavy atom. The number of rotatable bonds is 4. The van der Waals surface area contributed by atoms with E-state index in [2.05, 4.69) is 0 Å². The number of anilines is 2. The van der Waals surface area contributed by atoms with Crippen LogP contribution in [-0.4, -0.2) is 56.9 Å². The van der Waals surface area contributed by atoms with E-state index in [9.17, 15) is 28.8 Å². The minimum absolute atomic E-state index is 0.0106. The van der Waals surface area contributed by atoms with Crippen LogP contribution in [-0.2, 0) is 28.4 Å². The van der Waals surface area contributed by atoms with E-state index in [4.69, 9.17) is 10.5 Å². The van der Waals surface area contributed by atoms with Crippen molar-refractivity contribution in [3.63, 3.8) is 0 Å². The third kappa shape index (κ3) is 2.90. The fourth-order valence-corrected chi connectivity index (χ4v) is 4.33. The smallest absolute Gasteiger partial charge is 0.354 e. The Hall–Kier alpha value is -4.22. The van der Waals surface area contributed by atoms with Crippen LogP contribution in [0.1, 0.15) is 33.6 Å². The Bertz CT molecular complexity index is 1360. The SMILES string of the molecule is CN1C(=O)c2ccccc2N2C(=O)CC[C@]12C(=O)OCC(=O)c1c(N)n(C)c(=O)n(C)c1=O. The Morgan fingerprint density at radius 1 is 1.06 bits per heavy atom. The van der Waals surface area contributed by atoms with Gasteiger partial charge in [-0.05, 0) is 12.1 Å². The number of likely N-dealkylation sites (N-methyl/N-ethyl adjacent to an activating group) is 1. The molecule has 0 radical (unpaired) electrons. The van der Waals surface area contributed by atoms with E-state index in [1.165, 1.54) is 26.0 Å². The van der Waals surface area contributed by atoms with E-state index in [0.717, 1.165) is 9.47 Å². The van der Waals surface area contributed by atoms with Crippen LogP contribution in [0.4, 0.5) is 11.5 Å². The van der Waals surface area contributed by atoms with Gasteiger partial charge in [0.15, 0.2) is 6.61 Å². The summed E-state index contributed by atoms with van der Waals surface area (Å²) in [5.41, 5.74) is 2.42. The van der Waals surface area contributed by atoms with Gasteiger partial charge in [-0.25, -0.2) is 9.59 Å². The molecular weight excluding hydrogens is 434 g/mol. The highest BCUT2D eigenvalue weighted by atomic mass is 16.5. The van der Waals surface area contributed by atoms with Crippen LogP contribution in [0.25, 0.3) is 0 Å². The van der Waals surface area contributed by atoms with Crippen molar-refractivity contribution in [3.8, 4) is 0 Å². The number of hydrogen-bond donors (Lipinski definition) is 1. The zero-order valence-corrected chi connectivity index (χ0v) is 18.2. The molecule has 0 aliphatic carbocycles. The Balaban J connectivity index is 1.68. The van der Waals surface area contributed by atoms with Gasteiger partial charge in [-0.3, -0.25) is 33.2 Å². The fraction of sp³-hybridized carbons (Fsp3) is 0.333. The summed E-state index contributed by atoms with van der Waals surface area (Å²) in [5.74, 6) is -3.13. The maximum atomic E-state index is 13.3. The number of nitrogen functional groups attached to an aromatic ring is 1. The molecule has 12 heteroatoms. The normalized spacial score (nSPS) is 19.4. The number of hydrogen-bond acceptors (Lipinski definition) is 8. The number of Topliss-reactive ketones (excluding diaryl/α,β-unsaturated/α-hetero) is 1. The van der Waals surface area contributed by atoms with Crippen molar-refractivity contribution in [1.82, 2.24) is 14.0 Å². The maximum absolute atomic E-state index is 13.3. The lowest BCUT2D eigenvalue weighted by molar-refractivity contribution is -0.155. The van der Waals surface area contributed by atoms with Gasteiger partial charge in [-0.1, -0.05) is 12.1 Å². The number of benzene rings is 1. The molecule has 0 spiro atoms. The number of ether oxygens (including phenoxy) is 1. The summed E-state index contributed by atoms with van der Waals surface area (Å²) in [7, 11) is 3.86. The number of para-hydroxylation sites is 1. The standard InChI is InChI=1S/C21H21N5O7/c1-23-16(22)15(18(30)24(2)20(23)32)13(27)10-33-19(31)21-9-8-14(28)26(21)12-7-5-4-6-11(12)17(29)25(21)3/h4-7H,8-10,22H2,1-3H3/t21-/m0/s1. The van der Waals surface area contributed by atoms with Crippen LogP contribution >= 0.6 is 0 Å². The van der Waals surface area contributed by atoms with E-state index >= 15 is 0 Å². The molecule has 0 unspecified atom stereocenters. The fourth-order valence-electron chi connectivity index (χ4n) is 4.33. The molecule has 4 rings (SSSR count). The van der Waals surface area contributed by atoms with Crippen molar-refractivity contribution in [2.75, 3.05) is 24.3 Å². The van der Waals surface area contributed by atoms with Gasteiger partial charge in [-0.15, -0.1) is 0 Å². The van der Waals surface area contributed by atoms with Gasteiger partial charge in [0, 0.05) is 34.0 Å². The number of aromatic nitrogens is 2. The predicted molar refractivity (Wildman–Crippen MR) is 115 cm³/mol. The number of nitrogens with zero attached hydrogens (tertiary/aromatic N) is 4. The van der Waals surface area contributed by atoms with Crippen molar-refractivity contribution in [2.45, 2.75) is 18.5 Å². The lowest BCUT2D eigenvalue weighted by Crippen LogP contribution is -2.67. The average molecular weight is 455 g/mol. The first-order chi connectivity index (χ1) is 15.5. The molecule has 1 aromatic heterocycles. The van der Waals surface area contributed by atoms with Gasteiger partial charge in [0.05, 0.1) is 11.3 Å². The van der Waals surface area contributed by atoms with E-state index in [-0.39, 0.29) is 35.8 Å². The quantitative estimate of drug-likeness (QED) is 0.455. The summed E-state index contributed by atoms with van der Waals surface area (Å²) in [6.45, 7) is -0.871. The lowest BCUT2D eigenvalue weighted by Gasteiger charge is -2.46. The first-order valence-corrected chi connectivity index (χ1v) is 10.00. The lowest BCUT2D eigenvalue weighted by atomic mass is 9.97. The van der Waals surface area contributed by atoms with Gasteiger partial charge in [0.25, 0.3) is 11.5 Å². The number of carbonyl (C=O) groups is 4. The molecule has 1 fully saturated rings. The summed E-state index contributed by atoms with van der Waals surface area (Å²) in [6, 6.07) is 6.40. The molecular formula is C21H21N5O7. The number of esters is 1. The molecule has 1 aromatic carbocycles. The van der Waals surface area contributed by atoms with E-state index in [0.29, 0.717) is 4.57 Å². The molecule has 172 valence electrons. The van der Waals surface area contributed by atoms with Crippen LogP contribution in [0, 0.1) is 0 Å². The van der Waals surface area contributed by atoms with E-state index in [1.807, 2.05) is 0 Å². The van der Waals surface area contributed by atoms with Crippen molar-refractivity contribution in [2.24, 2.45) is 14.1 Å². The van der Waals surface area contributed by atoms with Gasteiger partial charge < -0.3 is 15.4 Å². The first kappa shape index (κ1) is 22.0. The molecule has 12 nitrogen and oxygen atoms in total. The third-order valence-corrected chi connectivity index (χ3v) is 6.19. The van der Waals surface area contributed by atoms with Crippen LogP contribution in [0.2, 0.25) is 0 Å². The average Bonchev–Trinajstić information content (AvgIpc) is 3.17. The number of fused-ring (bicyclic) bond motifs is 3. The van der Waals surface area contributed by atoms with Crippen LogP contribution in [0.15, 0.2) is 33.9 Å². The van der Waals surface area contributed by atoms with Gasteiger partial charge in [0.2, 0.25) is 17.4 Å². The molecule has 2 aliphatic heterocycles. The summed E-state index contributed by atoms with van der Waals surface area (Å²) in [5, 5.41) is 0. The summed E-state index contributed by atoms with van der Waals surface area (Å²) in [6.07, 6.45) is -0.0392. The molecule has 3 heterocycles. The number of carbonyl (C=O) groups excluding carboxylic acids is 4. The van der Waals surface area contributed by atoms with E-state index < -0.39 is 46.7 Å². The molecule has 1 saturated heterocycles. The van der Waals surface area contributed by atoms with Gasteiger partial charge in [0.1, 0.15) is 11.4 Å². The van der Waals surface area contributed by atoms with Crippen molar-refractivity contribution in [3.05, 3.63) is 56.2 Å². The molecule has 0 bridgehead atoms.